The second-order valence-electron chi connectivity index (χ2n) is 4.56. The van der Waals surface area contributed by atoms with Crippen LogP contribution in [-0.4, -0.2) is 28.5 Å². The summed E-state index contributed by atoms with van der Waals surface area (Å²) in [5.74, 6) is -0.857. The molecule has 1 aromatic rings. The highest BCUT2D eigenvalue weighted by atomic mass is 79.9. The molecule has 1 aromatic heterocycles. The van der Waals surface area contributed by atoms with Crippen molar-refractivity contribution < 1.29 is 14.7 Å². The third-order valence-corrected chi connectivity index (χ3v) is 3.25. The largest absolute Gasteiger partial charge is 0.481 e. The maximum Gasteiger partial charge on any atom is 0.303 e. The summed E-state index contributed by atoms with van der Waals surface area (Å²) in [4.78, 5) is 26.0. The molecular weight excluding hydrogens is 324 g/mol. The molecule has 0 unspecified atom stereocenters. The molecular formula is C14H19BrN2O3. The van der Waals surface area contributed by atoms with Crippen LogP contribution in [0.3, 0.4) is 0 Å². The minimum Gasteiger partial charge on any atom is -0.481 e. The Kier molecular flexibility index (Phi) is 7.87. The zero-order chi connectivity index (χ0) is 14.8. The van der Waals surface area contributed by atoms with Gasteiger partial charge in [-0.05, 0) is 34.8 Å². The molecule has 0 spiro atoms. The minimum atomic E-state index is -0.736. The summed E-state index contributed by atoms with van der Waals surface area (Å²) < 4.78 is 0.781. The van der Waals surface area contributed by atoms with Gasteiger partial charge in [-0.2, -0.15) is 0 Å². The Labute approximate surface area is 126 Å². The van der Waals surface area contributed by atoms with Gasteiger partial charge in [0.25, 0.3) is 5.91 Å². The number of unbranched alkanes of at least 4 members (excludes halogenated alkanes) is 4. The molecule has 0 bridgehead atoms. The minimum absolute atomic E-state index is 0.121. The highest BCUT2D eigenvalue weighted by molar-refractivity contribution is 9.10. The maximum atomic E-state index is 11.8. The number of halogens is 1. The van der Waals surface area contributed by atoms with Crippen molar-refractivity contribution in [2.24, 2.45) is 0 Å². The maximum absolute atomic E-state index is 11.8. The SMILES string of the molecule is O=C(O)CCCCCCCNC(=O)c1cncc(Br)c1. The molecule has 0 fully saturated rings. The van der Waals surface area contributed by atoms with Gasteiger partial charge in [-0.1, -0.05) is 19.3 Å². The number of carbonyl (C=O) groups is 2. The van der Waals surface area contributed by atoms with Crippen molar-refractivity contribution in [2.75, 3.05) is 6.54 Å². The fraction of sp³-hybridized carbons (Fsp3) is 0.500. The van der Waals surface area contributed by atoms with Gasteiger partial charge in [0.05, 0.1) is 5.56 Å². The first-order chi connectivity index (χ1) is 9.59. The van der Waals surface area contributed by atoms with Gasteiger partial charge >= 0.3 is 5.97 Å². The molecule has 1 amide bonds. The lowest BCUT2D eigenvalue weighted by atomic mass is 10.1. The molecule has 20 heavy (non-hydrogen) atoms. The zero-order valence-electron chi connectivity index (χ0n) is 11.3. The molecule has 0 aliphatic heterocycles. The van der Waals surface area contributed by atoms with Crippen molar-refractivity contribution >= 4 is 27.8 Å². The number of pyridine rings is 1. The van der Waals surface area contributed by atoms with Crippen LogP contribution < -0.4 is 5.32 Å². The number of rotatable bonds is 9. The number of carboxylic acids is 1. The molecule has 1 rings (SSSR count). The van der Waals surface area contributed by atoms with Gasteiger partial charge in [0, 0.05) is 29.8 Å². The van der Waals surface area contributed by atoms with E-state index in [4.69, 9.17) is 5.11 Å². The van der Waals surface area contributed by atoms with E-state index in [2.05, 4.69) is 26.2 Å². The monoisotopic (exact) mass is 342 g/mol. The van der Waals surface area contributed by atoms with Gasteiger partial charge in [0.15, 0.2) is 0 Å². The molecule has 0 aromatic carbocycles. The second-order valence-corrected chi connectivity index (χ2v) is 5.47. The third kappa shape index (κ3) is 7.23. The van der Waals surface area contributed by atoms with Crippen LogP contribution in [0.1, 0.15) is 48.9 Å². The average Bonchev–Trinajstić information content (AvgIpc) is 2.41. The van der Waals surface area contributed by atoms with Crippen LogP contribution in [0, 0.1) is 0 Å². The summed E-state index contributed by atoms with van der Waals surface area (Å²) in [6.07, 6.45) is 7.96. The molecule has 0 saturated carbocycles. The fourth-order valence-corrected chi connectivity index (χ4v) is 2.14. The van der Waals surface area contributed by atoms with E-state index >= 15 is 0 Å². The highest BCUT2D eigenvalue weighted by Gasteiger charge is 2.05. The van der Waals surface area contributed by atoms with Crippen molar-refractivity contribution in [3.63, 3.8) is 0 Å². The Morgan fingerprint density at radius 1 is 1.15 bits per heavy atom. The van der Waals surface area contributed by atoms with Crippen LogP contribution in [0.15, 0.2) is 22.9 Å². The number of aliphatic carboxylic acids is 1. The first kappa shape index (κ1) is 16.6. The summed E-state index contributed by atoms with van der Waals surface area (Å²) in [6.45, 7) is 0.629. The smallest absolute Gasteiger partial charge is 0.303 e. The molecule has 2 N–H and O–H groups in total. The van der Waals surface area contributed by atoms with E-state index in [1.54, 1.807) is 12.3 Å². The standard InChI is InChI=1S/C14H19BrN2O3/c15-12-8-11(9-16-10-12)14(20)17-7-5-3-1-2-4-6-13(18)19/h8-10H,1-7H2,(H,17,20)(H,18,19). The number of hydrogen-bond acceptors (Lipinski definition) is 3. The van der Waals surface area contributed by atoms with Crippen LogP contribution in [0.5, 0.6) is 0 Å². The highest BCUT2D eigenvalue weighted by Crippen LogP contribution is 2.09. The van der Waals surface area contributed by atoms with E-state index < -0.39 is 5.97 Å². The summed E-state index contributed by atoms with van der Waals surface area (Å²) >= 11 is 3.27. The van der Waals surface area contributed by atoms with Crippen molar-refractivity contribution in [3.05, 3.63) is 28.5 Å². The van der Waals surface area contributed by atoms with Crippen molar-refractivity contribution in [1.29, 1.82) is 0 Å². The summed E-state index contributed by atoms with van der Waals surface area (Å²) in [5.41, 5.74) is 0.542. The number of amides is 1. The van der Waals surface area contributed by atoms with Gasteiger partial charge < -0.3 is 10.4 Å². The normalized spacial score (nSPS) is 10.2. The lowest BCUT2D eigenvalue weighted by molar-refractivity contribution is -0.137. The number of nitrogens with zero attached hydrogens (tertiary/aromatic N) is 1. The quantitative estimate of drug-likeness (QED) is 0.676. The summed E-state index contributed by atoms with van der Waals surface area (Å²) in [5, 5.41) is 11.3. The Bertz CT molecular complexity index is 452. The summed E-state index contributed by atoms with van der Waals surface area (Å²) in [6, 6.07) is 1.73. The van der Waals surface area contributed by atoms with E-state index in [9.17, 15) is 9.59 Å². The molecule has 0 aliphatic rings. The van der Waals surface area contributed by atoms with E-state index in [0.717, 1.165) is 36.6 Å². The molecule has 0 radical (unpaired) electrons. The molecule has 0 saturated heterocycles. The molecule has 0 atom stereocenters. The molecule has 5 nitrogen and oxygen atoms in total. The van der Waals surface area contributed by atoms with Crippen LogP contribution >= 0.6 is 15.9 Å². The number of nitrogens with one attached hydrogen (secondary N) is 1. The molecule has 0 aliphatic carbocycles. The van der Waals surface area contributed by atoms with Crippen molar-refractivity contribution in [1.82, 2.24) is 10.3 Å². The molecule has 1 heterocycles. The zero-order valence-corrected chi connectivity index (χ0v) is 12.9. The van der Waals surface area contributed by atoms with Crippen LogP contribution in [0.4, 0.5) is 0 Å². The fourth-order valence-electron chi connectivity index (χ4n) is 1.77. The van der Waals surface area contributed by atoms with Crippen molar-refractivity contribution in [3.8, 4) is 0 Å². The van der Waals surface area contributed by atoms with Gasteiger partial charge in [0.1, 0.15) is 0 Å². The van der Waals surface area contributed by atoms with Crippen molar-refractivity contribution in [2.45, 2.75) is 38.5 Å². The molecule has 110 valence electrons. The topological polar surface area (TPSA) is 79.3 Å². The lowest BCUT2D eigenvalue weighted by Crippen LogP contribution is -2.24. The first-order valence-corrected chi connectivity index (χ1v) is 7.49. The number of hydrogen-bond donors (Lipinski definition) is 2. The second kappa shape index (κ2) is 9.47. The van der Waals surface area contributed by atoms with Crippen LogP contribution in [-0.2, 0) is 4.79 Å². The van der Waals surface area contributed by atoms with Gasteiger partial charge in [-0.15, -0.1) is 0 Å². The average molecular weight is 343 g/mol. The van der Waals surface area contributed by atoms with Crippen LogP contribution in [0.25, 0.3) is 0 Å². The van der Waals surface area contributed by atoms with E-state index in [1.165, 1.54) is 6.20 Å². The van der Waals surface area contributed by atoms with Gasteiger partial charge in [-0.3, -0.25) is 14.6 Å². The van der Waals surface area contributed by atoms with Gasteiger partial charge in [0.2, 0.25) is 0 Å². The third-order valence-electron chi connectivity index (χ3n) is 2.82. The van der Waals surface area contributed by atoms with Gasteiger partial charge in [-0.25, -0.2) is 0 Å². The number of aromatic nitrogens is 1. The Morgan fingerprint density at radius 3 is 2.55 bits per heavy atom. The predicted molar refractivity (Wildman–Crippen MR) is 79.6 cm³/mol. The van der Waals surface area contributed by atoms with Crippen LogP contribution in [0.2, 0.25) is 0 Å². The number of carboxylic acid groups (broad SMARTS) is 1. The Morgan fingerprint density at radius 2 is 1.85 bits per heavy atom. The number of carbonyl (C=O) groups excluding carboxylic acids is 1. The molecule has 6 heteroatoms. The van der Waals surface area contributed by atoms with E-state index in [1.807, 2.05) is 0 Å². The lowest BCUT2D eigenvalue weighted by Gasteiger charge is -2.05. The van der Waals surface area contributed by atoms with E-state index in [0.29, 0.717) is 12.1 Å². The Balaban J connectivity index is 2.06. The summed E-state index contributed by atoms with van der Waals surface area (Å²) in [7, 11) is 0. The Hall–Kier alpha value is -1.43. The predicted octanol–water partition coefficient (Wildman–Crippen LogP) is 3.00. The van der Waals surface area contributed by atoms with E-state index in [-0.39, 0.29) is 12.3 Å². The first-order valence-electron chi connectivity index (χ1n) is 6.70.